The first kappa shape index (κ1) is 22.9. The molecule has 1 unspecified atom stereocenters. The number of nitriles is 1. The molecule has 1 saturated carbocycles. The Labute approximate surface area is 195 Å². The summed E-state index contributed by atoms with van der Waals surface area (Å²) in [6, 6.07) is 2.03. The first-order valence-electron chi connectivity index (χ1n) is 10.9. The number of H-pyrrole nitrogens is 1. The molecule has 1 aliphatic heterocycles. The van der Waals surface area contributed by atoms with Crippen LogP contribution in [0.1, 0.15) is 42.6 Å². The summed E-state index contributed by atoms with van der Waals surface area (Å²) < 4.78 is 5.11. The van der Waals surface area contributed by atoms with Gasteiger partial charge in [-0.3, -0.25) is 14.4 Å². The maximum absolute atomic E-state index is 13.0. The lowest BCUT2D eigenvalue weighted by atomic mass is 9.98. The minimum absolute atomic E-state index is 0.101. The monoisotopic (exact) mass is 472 g/mol. The Bertz CT molecular complexity index is 1120. The lowest BCUT2D eigenvalue weighted by Gasteiger charge is -2.21. The normalized spacial score (nSPS) is 19.4. The Morgan fingerprint density at radius 1 is 1.33 bits per heavy atom. The molecule has 4 rings (SSSR count). The molecule has 2 aromatic rings. The number of aromatic nitrogens is 2. The number of halogens is 1. The predicted octanol–water partition coefficient (Wildman–Crippen LogP) is 1.66. The number of fused-ring (bicyclic) bond motifs is 1. The molecule has 3 heterocycles. The van der Waals surface area contributed by atoms with E-state index in [9.17, 15) is 19.6 Å². The van der Waals surface area contributed by atoms with Crippen LogP contribution < -0.4 is 20.7 Å². The van der Waals surface area contributed by atoms with Gasteiger partial charge in [0.1, 0.15) is 22.8 Å². The summed E-state index contributed by atoms with van der Waals surface area (Å²) >= 11 is 6.28. The molecule has 2 aromatic heterocycles. The molecule has 2 fully saturated rings. The van der Waals surface area contributed by atoms with Crippen LogP contribution in [0.2, 0.25) is 5.02 Å². The molecule has 0 spiro atoms. The number of hydrogen-bond acceptors (Lipinski definition) is 6. The standard InChI is InChI=1S/C22H25ClN6O4/c1-33-22-18(23)14-8-16(28-17(14)10-26-22)21(32)29-15(6-11-2-3-11)20(31)27-13(9-24)7-12-4-5-25-19(12)30/h8,10-13,15,28H,2-7H2,1H3,(H,25,30)(H,27,31)(H,29,32)/t12?,13-,15-/m0/s1. The summed E-state index contributed by atoms with van der Waals surface area (Å²) in [7, 11) is 1.45. The second kappa shape index (κ2) is 9.67. The molecular weight excluding hydrogens is 448 g/mol. The Balaban J connectivity index is 1.45. The molecule has 33 heavy (non-hydrogen) atoms. The molecule has 4 N–H and O–H groups in total. The number of methoxy groups -OCH3 is 1. The smallest absolute Gasteiger partial charge is 0.268 e. The maximum Gasteiger partial charge on any atom is 0.268 e. The molecule has 11 heteroatoms. The van der Waals surface area contributed by atoms with Gasteiger partial charge in [-0.25, -0.2) is 4.98 Å². The number of pyridine rings is 1. The van der Waals surface area contributed by atoms with E-state index in [1.165, 1.54) is 13.3 Å². The molecule has 0 radical (unpaired) electrons. The quantitative estimate of drug-likeness (QED) is 0.436. The van der Waals surface area contributed by atoms with Crippen LogP contribution in [-0.4, -0.2) is 53.4 Å². The summed E-state index contributed by atoms with van der Waals surface area (Å²) in [5.74, 6) is -0.695. The van der Waals surface area contributed by atoms with Gasteiger partial charge in [0, 0.05) is 17.8 Å². The molecular formula is C22H25ClN6O4. The van der Waals surface area contributed by atoms with Crippen molar-refractivity contribution in [1.82, 2.24) is 25.9 Å². The van der Waals surface area contributed by atoms with Gasteiger partial charge in [-0.2, -0.15) is 5.26 Å². The SMILES string of the molecule is COc1ncc2[nH]c(C(=O)N[C@@H](CC3CC3)C(=O)N[C@H](C#N)CC3CCNC3=O)cc2c1Cl. The van der Waals surface area contributed by atoms with E-state index in [0.29, 0.717) is 36.2 Å². The van der Waals surface area contributed by atoms with Gasteiger partial charge in [-0.05, 0) is 31.2 Å². The number of rotatable bonds is 9. The van der Waals surface area contributed by atoms with Crippen molar-refractivity contribution >= 4 is 40.2 Å². The zero-order valence-corrected chi connectivity index (χ0v) is 18.9. The number of aromatic amines is 1. The van der Waals surface area contributed by atoms with E-state index in [-0.39, 0.29) is 34.8 Å². The number of nitrogens with one attached hydrogen (secondary N) is 4. The van der Waals surface area contributed by atoms with Crippen LogP contribution in [0.5, 0.6) is 5.88 Å². The van der Waals surface area contributed by atoms with Gasteiger partial charge in [-0.15, -0.1) is 0 Å². The third-order valence-corrected chi connectivity index (χ3v) is 6.43. The number of amides is 3. The number of ether oxygens (including phenoxy) is 1. The van der Waals surface area contributed by atoms with E-state index in [2.05, 4.69) is 32.0 Å². The fourth-order valence-electron chi connectivity index (χ4n) is 4.04. The number of nitrogens with zero attached hydrogens (tertiary/aromatic N) is 2. The largest absolute Gasteiger partial charge is 0.480 e. The Morgan fingerprint density at radius 3 is 2.76 bits per heavy atom. The minimum Gasteiger partial charge on any atom is -0.480 e. The van der Waals surface area contributed by atoms with Crippen molar-refractivity contribution in [3.8, 4) is 11.9 Å². The molecule has 1 aliphatic carbocycles. The second-order valence-corrected chi connectivity index (χ2v) is 8.88. The van der Waals surface area contributed by atoms with Crippen molar-refractivity contribution < 1.29 is 19.1 Å². The predicted molar refractivity (Wildman–Crippen MR) is 120 cm³/mol. The summed E-state index contributed by atoms with van der Waals surface area (Å²) in [5, 5.41) is 18.6. The Hall–Kier alpha value is -3.32. The van der Waals surface area contributed by atoms with Gasteiger partial charge < -0.3 is 25.7 Å². The Kier molecular flexibility index (Phi) is 6.70. The van der Waals surface area contributed by atoms with Gasteiger partial charge in [0.05, 0.1) is 24.9 Å². The molecule has 2 aliphatic rings. The summed E-state index contributed by atoms with van der Waals surface area (Å²) in [5.41, 5.74) is 0.795. The fraction of sp³-hybridized carbons (Fsp3) is 0.500. The molecule has 3 atom stereocenters. The second-order valence-electron chi connectivity index (χ2n) is 8.50. The molecule has 10 nitrogen and oxygen atoms in total. The van der Waals surface area contributed by atoms with Crippen LogP contribution in [0.3, 0.4) is 0 Å². The van der Waals surface area contributed by atoms with Gasteiger partial charge in [-0.1, -0.05) is 24.4 Å². The van der Waals surface area contributed by atoms with Crippen molar-refractivity contribution in [3.63, 3.8) is 0 Å². The van der Waals surface area contributed by atoms with Crippen LogP contribution in [0.4, 0.5) is 0 Å². The third kappa shape index (κ3) is 5.20. The van der Waals surface area contributed by atoms with Gasteiger partial charge in [0.2, 0.25) is 17.7 Å². The van der Waals surface area contributed by atoms with Crippen molar-refractivity contribution in [2.75, 3.05) is 13.7 Å². The minimum atomic E-state index is -0.810. The van der Waals surface area contributed by atoms with Gasteiger partial charge in [0.15, 0.2) is 0 Å². The third-order valence-electron chi connectivity index (χ3n) is 6.06. The molecule has 0 aromatic carbocycles. The van der Waals surface area contributed by atoms with E-state index in [4.69, 9.17) is 16.3 Å². The lowest BCUT2D eigenvalue weighted by Crippen LogP contribution is -2.50. The zero-order chi connectivity index (χ0) is 23.5. The van der Waals surface area contributed by atoms with Gasteiger partial charge >= 0.3 is 0 Å². The summed E-state index contributed by atoms with van der Waals surface area (Å²) in [6.07, 6.45) is 4.87. The van der Waals surface area contributed by atoms with E-state index >= 15 is 0 Å². The number of carbonyl (C=O) groups is 3. The van der Waals surface area contributed by atoms with Crippen LogP contribution >= 0.6 is 11.6 Å². The molecule has 174 valence electrons. The Morgan fingerprint density at radius 2 is 2.12 bits per heavy atom. The van der Waals surface area contributed by atoms with Crippen LogP contribution in [0.15, 0.2) is 12.3 Å². The fourth-order valence-corrected chi connectivity index (χ4v) is 4.32. The highest BCUT2D eigenvalue weighted by molar-refractivity contribution is 6.36. The summed E-state index contributed by atoms with van der Waals surface area (Å²) in [4.78, 5) is 44.8. The number of hydrogen-bond donors (Lipinski definition) is 4. The average molecular weight is 473 g/mol. The van der Waals surface area contributed by atoms with E-state index < -0.39 is 23.9 Å². The first-order valence-corrected chi connectivity index (χ1v) is 11.3. The highest BCUT2D eigenvalue weighted by Crippen LogP contribution is 2.34. The van der Waals surface area contributed by atoms with Crippen molar-refractivity contribution in [1.29, 1.82) is 5.26 Å². The van der Waals surface area contributed by atoms with E-state index in [1.54, 1.807) is 6.07 Å². The zero-order valence-electron chi connectivity index (χ0n) is 18.1. The highest BCUT2D eigenvalue weighted by atomic mass is 35.5. The van der Waals surface area contributed by atoms with Crippen molar-refractivity contribution in [2.24, 2.45) is 11.8 Å². The first-order chi connectivity index (χ1) is 15.9. The lowest BCUT2D eigenvalue weighted by molar-refractivity contribution is -0.125. The van der Waals surface area contributed by atoms with Gasteiger partial charge in [0.25, 0.3) is 5.91 Å². The van der Waals surface area contributed by atoms with Crippen molar-refractivity contribution in [2.45, 2.75) is 44.2 Å². The number of carbonyl (C=O) groups excluding carboxylic acids is 3. The molecule has 0 bridgehead atoms. The average Bonchev–Trinajstić information content (AvgIpc) is 3.36. The molecule has 3 amide bonds. The van der Waals surface area contributed by atoms with E-state index in [1.807, 2.05) is 0 Å². The van der Waals surface area contributed by atoms with Crippen LogP contribution in [0.25, 0.3) is 10.9 Å². The summed E-state index contributed by atoms with van der Waals surface area (Å²) in [6.45, 7) is 0.575. The maximum atomic E-state index is 13.0. The van der Waals surface area contributed by atoms with E-state index in [0.717, 1.165) is 12.8 Å². The topological polar surface area (TPSA) is 149 Å². The highest BCUT2D eigenvalue weighted by Gasteiger charge is 2.33. The van der Waals surface area contributed by atoms with Crippen LogP contribution in [0, 0.1) is 23.2 Å². The van der Waals surface area contributed by atoms with Crippen molar-refractivity contribution in [3.05, 3.63) is 23.0 Å². The molecule has 1 saturated heterocycles. The van der Waals surface area contributed by atoms with Crippen LogP contribution in [-0.2, 0) is 9.59 Å².